The first kappa shape index (κ1) is 17.1. The number of hydrogen-bond acceptors (Lipinski definition) is 6. The maximum atomic E-state index is 12.7. The summed E-state index contributed by atoms with van der Waals surface area (Å²) in [5.74, 6) is 0.566. The van der Waals surface area contributed by atoms with E-state index in [0.29, 0.717) is 36.2 Å². The Morgan fingerprint density at radius 1 is 1.52 bits per heavy atom. The van der Waals surface area contributed by atoms with E-state index in [2.05, 4.69) is 27.7 Å². The predicted octanol–water partition coefficient (Wildman–Crippen LogP) is 1.27. The molecule has 0 aromatic carbocycles. The number of rotatable bonds is 6. The summed E-state index contributed by atoms with van der Waals surface area (Å²) in [7, 11) is 0. The zero-order valence-corrected chi connectivity index (χ0v) is 13.5. The Bertz CT molecular complexity index is 558. The van der Waals surface area contributed by atoms with Gasteiger partial charge in [0.15, 0.2) is 0 Å². The molecule has 0 atom stereocenters. The maximum absolute atomic E-state index is 12.7. The van der Waals surface area contributed by atoms with Crippen LogP contribution < -0.4 is 10.9 Å². The van der Waals surface area contributed by atoms with Gasteiger partial charge in [-0.15, -0.1) is 0 Å². The van der Waals surface area contributed by atoms with Crippen molar-refractivity contribution in [2.24, 2.45) is 11.3 Å². The summed E-state index contributed by atoms with van der Waals surface area (Å²) in [6.07, 6.45) is 4.89. The van der Waals surface area contributed by atoms with Crippen LogP contribution in [0.15, 0.2) is 12.3 Å². The zero-order chi connectivity index (χ0) is 16.9. The molecule has 0 radical (unpaired) electrons. The first-order chi connectivity index (χ1) is 10.9. The normalized spacial score (nSPS) is 23.9. The number of hydrazine groups is 1. The lowest BCUT2D eigenvalue weighted by atomic mass is 9.70. The van der Waals surface area contributed by atoms with Gasteiger partial charge in [-0.05, 0) is 44.6 Å². The predicted molar refractivity (Wildman–Crippen MR) is 83.2 cm³/mol. The first-order valence-corrected chi connectivity index (χ1v) is 7.72. The number of aryl methyl sites for hydroxylation is 1. The van der Waals surface area contributed by atoms with Gasteiger partial charge in [0.1, 0.15) is 0 Å². The molecular formula is C15H23N5O3. The molecule has 1 aromatic heterocycles. The van der Waals surface area contributed by atoms with E-state index in [1.165, 1.54) is 0 Å². The third kappa shape index (κ3) is 4.38. The van der Waals surface area contributed by atoms with Crippen LogP contribution in [0.5, 0.6) is 0 Å². The van der Waals surface area contributed by atoms with Crippen molar-refractivity contribution >= 4 is 18.3 Å². The summed E-state index contributed by atoms with van der Waals surface area (Å²) < 4.78 is 0. The smallest absolute Gasteiger partial charge is 0.246 e. The number of hydrogen-bond donors (Lipinski definition) is 3. The van der Waals surface area contributed by atoms with E-state index in [1.54, 1.807) is 12.3 Å². The molecule has 0 saturated heterocycles. The van der Waals surface area contributed by atoms with E-state index in [-0.39, 0.29) is 12.5 Å². The molecule has 2 rings (SSSR count). The first-order valence-electron chi connectivity index (χ1n) is 7.72. The Hall–Kier alpha value is -2.22. The number of aromatic nitrogens is 2. The van der Waals surface area contributed by atoms with Crippen molar-refractivity contribution in [1.29, 1.82) is 0 Å². The van der Waals surface area contributed by atoms with Crippen LogP contribution in [0.4, 0.5) is 5.95 Å². The highest BCUT2D eigenvalue weighted by atomic mass is 16.5. The Kier molecular flexibility index (Phi) is 5.49. The number of hydroxylamine groups is 2. The van der Waals surface area contributed by atoms with Crippen LogP contribution in [-0.4, -0.2) is 39.1 Å². The second-order valence-corrected chi connectivity index (χ2v) is 6.27. The van der Waals surface area contributed by atoms with Gasteiger partial charge in [-0.1, -0.05) is 6.92 Å². The highest BCUT2D eigenvalue weighted by molar-refractivity contribution is 5.84. The van der Waals surface area contributed by atoms with Crippen LogP contribution in [0, 0.1) is 18.3 Å². The van der Waals surface area contributed by atoms with Gasteiger partial charge in [-0.25, -0.2) is 15.0 Å². The number of nitrogens with zero attached hydrogens (tertiary/aromatic N) is 3. The van der Waals surface area contributed by atoms with Gasteiger partial charge >= 0.3 is 0 Å². The molecule has 0 bridgehead atoms. The van der Waals surface area contributed by atoms with Crippen molar-refractivity contribution in [2.75, 3.05) is 12.0 Å². The lowest BCUT2D eigenvalue weighted by Crippen LogP contribution is -2.51. The molecule has 1 aliphatic carbocycles. The summed E-state index contributed by atoms with van der Waals surface area (Å²) in [5, 5.41) is 10.1. The molecule has 1 aliphatic rings. The monoisotopic (exact) mass is 321 g/mol. The van der Waals surface area contributed by atoms with Crippen LogP contribution in [0.25, 0.3) is 0 Å². The molecule has 0 spiro atoms. The number of amides is 2. The Morgan fingerprint density at radius 2 is 2.22 bits per heavy atom. The number of carbonyl (C=O) groups excluding carboxylic acids is 2. The summed E-state index contributed by atoms with van der Waals surface area (Å²) in [4.78, 5) is 31.6. The van der Waals surface area contributed by atoms with Gasteiger partial charge in [0.25, 0.3) is 0 Å². The third-order valence-electron chi connectivity index (χ3n) is 4.38. The van der Waals surface area contributed by atoms with Crippen molar-refractivity contribution in [3.8, 4) is 0 Å². The summed E-state index contributed by atoms with van der Waals surface area (Å²) in [6.45, 7) is 3.94. The van der Waals surface area contributed by atoms with E-state index >= 15 is 0 Å². The molecule has 1 heterocycles. The number of anilines is 1. The van der Waals surface area contributed by atoms with Gasteiger partial charge < -0.3 is 0 Å². The SMILES string of the molecule is Cc1ccnc(NNC(=O)[C@]2(CN(O)C=O)CC[C@H](C)CC2)n1. The van der Waals surface area contributed by atoms with E-state index in [1.807, 2.05) is 6.92 Å². The summed E-state index contributed by atoms with van der Waals surface area (Å²) in [5.41, 5.74) is 5.28. The molecule has 8 nitrogen and oxygen atoms in total. The minimum absolute atomic E-state index is 0.0224. The number of carbonyl (C=O) groups is 2. The quantitative estimate of drug-likeness (QED) is 0.414. The van der Waals surface area contributed by atoms with Crippen molar-refractivity contribution in [3.05, 3.63) is 18.0 Å². The van der Waals surface area contributed by atoms with E-state index in [9.17, 15) is 14.8 Å². The minimum Gasteiger partial charge on any atom is -0.286 e. The maximum Gasteiger partial charge on any atom is 0.246 e. The largest absolute Gasteiger partial charge is 0.286 e. The highest BCUT2D eigenvalue weighted by Gasteiger charge is 2.42. The average Bonchev–Trinajstić information content (AvgIpc) is 2.55. The van der Waals surface area contributed by atoms with Crippen molar-refractivity contribution in [2.45, 2.75) is 39.5 Å². The third-order valence-corrected chi connectivity index (χ3v) is 4.38. The molecular weight excluding hydrogens is 298 g/mol. The van der Waals surface area contributed by atoms with Crippen LogP contribution >= 0.6 is 0 Å². The van der Waals surface area contributed by atoms with Gasteiger partial charge in [0, 0.05) is 11.9 Å². The van der Waals surface area contributed by atoms with Crippen LogP contribution in [-0.2, 0) is 9.59 Å². The molecule has 1 aromatic rings. The zero-order valence-electron chi connectivity index (χ0n) is 13.5. The lowest BCUT2D eigenvalue weighted by Gasteiger charge is -2.38. The standard InChI is InChI=1S/C15H23N5O3/c1-11-3-6-15(7-4-11,9-20(23)10-21)13(22)18-19-14-16-8-5-12(2)17-14/h5,8,10-11,23H,3-4,6-7,9H2,1-2H3,(H,18,22)(H,16,17,19)/t11-,15+. The molecule has 0 unspecified atom stereocenters. The molecule has 1 saturated carbocycles. The van der Waals surface area contributed by atoms with E-state index < -0.39 is 5.41 Å². The van der Waals surface area contributed by atoms with Crippen LogP contribution in [0.3, 0.4) is 0 Å². The average molecular weight is 321 g/mol. The molecule has 0 aliphatic heterocycles. The van der Waals surface area contributed by atoms with E-state index in [4.69, 9.17) is 0 Å². The second-order valence-electron chi connectivity index (χ2n) is 6.27. The summed E-state index contributed by atoms with van der Waals surface area (Å²) in [6, 6.07) is 1.75. The van der Waals surface area contributed by atoms with Crippen molar-refractivity contribution < 1.29 is 14.8 Å². The fraction of sp³-hybridized carbons (Fsp3) is 0.600. The molecule has 2 amide bonds. The lowest BCUT2D eigenvalue weighted by molar-refractivity contribution is -0.163. The van der Waals surface area contributed by atoms with Crippen LogP contribution in [0.2, 0.25) is 0 Å². The highest BCUT2D eigenvalue weighted by Crippen LogP contribution is 2.39. The molecule has 1 fully saturated rings. The molecule has 3 N–H and O–H groups in total. The van der Waals surface area contributed by atoms with Crippen molar-refractivity contribution in [1.82, 2.24) is 20.5 Å². The van der Waals surface area contributed by atoms with Gasteiger partial charge in [-0.2, -0.15) is 0 Å². The van der Waals surface area contributed by atoms with Gasteiger partial charge in [0.05, 0.1) is 12.0 Å². The Balaban J connectivity index is 2.05. The van der Waals surface area contributed by atoms with Gasteiger partial charge in [0.2, 0.25) is 18.3 Å². The fourth-order valence-corrected chi connectivity index (χ4v) is 2.87. The Morgan fingerprint density at radius 3 is 2.83 bits per heavy atom. The van der Waals surface area contributed by atoms with E-state index in [0.717, 1.165) is 18.5 Å². The van der Waals surface area contributed by atoms with Crippen molar-refractivity contribution in [3.63, 3.8) is 0 Å². The Labute approximate surface area is 135 Å². The molecule has 126 valence electrons. The molecule has 8 heteroatoms. The molecule has 23 heavy (non-hydrogen) atoms. The summed E-state index contributed by atoms with van der Waals surface area (Å²) >= 11 is 0. The number of nitrogens with one attached hydrogen (secondary N) is 2. The fourth-order valence-electron chi connectivity index (χ4n) is 2.87. The minimum atomic E-state index is -0.807. The second kappa shape index (κ2) is 7.36. The van der Waals surface area contributed by atoms with Crippen LogP contribution in [0.1, 0.15) is 38.3 Å². The topological polar surface area (TPSA) is 107 Å². The van der Waals surface area contributed by atoms with Gasteiger partial charge in [-0.3, -0.25) is 25.6 Å².